The van der Waals surface area contributed by atoms with E-state index in [1.54, 1.807) is 12.1 Å². The van der Waals surface area contributed by atoms with Crippen LogP contribution >= 0.6 is 47.8 Å². The first-order chi connectivity index (χ1) is 8.60. The first-order valence-corrected chi connectivity index (χ1v) is 7.78. The second-order valence-corrected chi connectivity index (χ2v) is 5.89. The van der Waals surface area contributed by atoms with Crippen molar-refractivity contribution in [2.45, 2.75) is 5.33 Å². The van der Waals surface area contributed by atoms with Gasteiger partial charge in [0.05, 0.1) is 4.47 Å². The van der Waals surface area contributed by atoms with E-state index in [-0.39, 0.29) is 5.82 Å². The van der Waals surface area contributed by atoms with Crippen molar-refractivity contribution in [3.05, 3.63) is 56.7 Å². The van der Waals surface area contributed by atoms with E-state index in [1.165, 1.54) is 6.07 Å². The fraction of sp³-hybridized carbons (Fsp3) is 0.0769. The highest BCUT2D eigenvalue weighted by atomic mass is 79.9. The summed E-state index contributed by atoms with van der Waals surface area (Å²) in [6.07, 6.45) is 0. The molecular formula is C13H8Br3FO. The molecule has 0 saturated heterocycles. The smallest absolute Gasteiger partial charge is 0.137 e. The van der Waals surface area contributed by atoms with E-state index in [0.717, 1.165) is 15.8 Å². The molecule has 18 heavy (non-hydrogen) atoms. The maximum atomic E-state index is 13.1. The van der Waals surface area contributed by atoms with Crippen LogP contribution < -0.4 is 4.74 Å². The van der Waals surface area contributed by atoms with Gasteiger partial charge >= 0.3 is 0 Å². The molecular weight excluding hydrogens is 431 g/mol. The van der Waals surface area contributed by atoms with Crippen LogP contribution in [0.4, 0.5) is 4.39 Å². The number of halogens is 4. The number of alkyl halides is 1. The summed E-state index contributed by atoms with van der Waals surface area (Å²) in [6.45, 7) is 0. The lowest BCUT2D eigenvalue weighted by atomic mass is 10.2. The highest BCUT2D eigenvalue weighted by Gasteiger charge is 2.07. The first kappa shape index (κ1) is 14.0. The Morgan fingerprint density at radius 3 is 2.50 bits per heavy atom. The van der Waals surface area contributed by atoms with E-state index in [0.29, 0.717) is 15.6 Å². The predicted molar refractivity (Wildman–Crippen MR) is 80.9 cm³/mol. The number of ether oxygens (including phenoxy) is 1. The van der Waals surface area contributed by atoms with E-state index >= 15 is 0 Å². The first-order valence-electron chi connectivity index (χ1n) is 5.07. The lowest BCUT2D eigenvalue weighted by Crippen LogP contribution is -1.90. The largest absolute Gasteiger partial charge is 0.457 e. The molecule has 2 aromatic rings. The molecule has 94 valence electrons. The summed E-state index contributed by atoms with van der Waals surface area (Å²) in [5, 5.41) is 0.692. The summed E-state index contributed by atoms with van der Waals surface area (Å²) < 4.78 is 20.2. The lowest BCUT2D eigenvalue weighted by Gasteiger charge is -2.10. The molecule has 2 rings (SSSR count). The molecule has 0 fully saturated rings. The summed E-state index contributed by atoms with van der Waals surface area (Å²) in [5.41, 5.74) is 1.03. The Hall–Kier alpha value is -0.390. The predicted octanol–water partition coefficient (Wildman–Crippen LogP) is 6.04. The Morgan fingerprint density at radius 2 is 1.83 bits per heavy atom. The van der Waals surface area contributed by atoms with E-state index in [2.05, 4.69) is 47.8 Å². The van der Waals surface area contributed by atoms with Gasteiger partial charge in [-0.1, -0.05) is 37.9 Å². The number of rotatable bonds is 3. The maximum absolute atomic E-state index is 13.1. The monoisotopic (exact) mass is 436 g/mol. The second-order valence-electron chi connectivity index (χ2n) is 3.56. The van der Waals surface area contributed by atoms with Crippen molar-refractivity contribution >= 4 is 47.8 Å². The Balaban J connectivity index is 2.33. The summed E-state index contributed by atoms with van der Waals surface area (Å²) in [7, 11) is 0. The SMILES string of the molecule is Fc1ccc(Oc2cc(Br)ccc2CBr)cc1Br. The Kier molecular flexibility index (Phi) is 4.81. The molecule has 2 aromatic carbocycles. The van der Waals surface area contributed by atoms with Crippen molar-refractivity contribution in [2.24, 2.45) is 0 Å². The van der Waals surface area contributed by atoms with Crippen LogP contribution in [0.2, 0.25) is 0 Å². The van der Waals surface area contributed by atoms with Crippen LogP contribution in [0.3, 0.4) is 0 Å². The molecule has 0 bridgehead atoms. The number of hydrogen-bond acceptors (Lipinski definition) is 1. The highest BCUT2D eigenvalue weighted by Crippen LogP contribution is 2.31. The zero-order chi connectivity index (χ0) is 13.1. The topological polar surface area (TPSA) is 9.23 Å². The van der Waals surface area contributed by atoms with Gasteiger partial charge in [0, 0.05) is 15.4 Å². The Labute approximate surface area is 130 Å². The highest BCUT2D eigenvalue weighted by molar-refractivity contribution is 9.10. The number of hydrogen-bond donors (Lipinski definition) is 0. The van der Waals surface area contributed by atoms with Gasteiger partial charge in [0.25, 0.3) is 0 Å². The molecule has 0 aliphatic rings. The molecule has 0 radical (unpaired) electrons. The molecule has 0 aliphatic carbocycles. The van der Waals surface area contributed by atoms with Crippen LogP contribution in [-0.4, -0.2) is 0 Å². The summed E-state index contributed by atoms with van der Waals surface area (Å²) in [6, 6.07) is 10.4. The molecule has 0 amide bonds. The standard InChI is InChI=1S/C13H8Br3FO/c14-7-8-1-2-9(15)5-13(8)18-10-3-4-12(17)11(16)6-10/h1-6H,7H2. The van der Waals surface area contributed by atoms with Crippen molar-refractivity contribution in [3.63, 3.8) is 0 Å². The average molecular weight is 439 g/mol. The summed E-state index contributed by atoms with van der Waals surface area (Å²) in [4.78, 5) is 0. The molecule has 0 N–H and O–H groups in total. The summed E-state index contributed by atoms with van der Waals surface area (Å²) >= 11 is 9.94. The van der Waals surface area contributed by atoms with E-state index in [9.17, 15) is 4.39 Å². The van der Waals surface area contributed by atoms with Gasteiger partial charge in [0.15, 0.2) is 0 Å². The van der Waals surface area contributed by atoms with Crippen LogP contribution in [0.1, 0.15) is 5.56 Å². The molecule has 0 atom stereocenters. The van der Waals surface area contributed by atoms with Gasteiger partial charge in [-0.3, -0.25) is 0 Å². The van der Waals surface area contributed by atoms with Crippen molar-refractivity contribution in [1.82, 2.24) is 0 Å². The second kappa shape index (κ2) is 6.17. The minimum absolute atomic E-state index is 0.308. The zero-order valence-corrected chi connectivity index (χ0v) is 13.8. The zero-order valence-electron chi connectivity index (χ0n) is 9.09. The van der Waals surface area contributed by atoms with Crippen molar-refractivity contribution in [3.8, 4) is 11.5 Å². The maximum Gasteiger partial charge on any atom is 0.137 e. The average Bonchev–Trinajstić information content (AvgIpc) is 2.34. The van der Waals surface area contributed by atoms with Gasteiger partial charge in [-0.2, -0.15) is 0 Å². The van der Waals surface area contributed by atoms with Crippen molar-refractivity contribution in [2.75, 3.05) is 0 Å². The molecule has 0 aromatic heterocycles. The van der Waals surface area contributed by atoms with Crippen LogP contribution in [0.5, 0.6) is 11.5 Å². The molecule has 0 heterocycles. The fourth-order valence-corrected chi connectivity index (χ4v) is 2.56. The fourth-order valence-electron chi connectivity index (χ4n) is 1.40. The Morgan fingerprint density at radius 1 is 1.06 bits per heavy atom. The lowest BCUT2D eigenvalue weighted by molar-refractivity contribution is 0.475. The van der Waals surface area contributed by atoms with Gasteiger partial charge in [-0.25, -0.2) is 4.39 Å². The van der Waals surface area contributed by atoms with E-state index in [4.69, 9.17) is 4.74 Å². The third-order valence-electron chi connectivity index (χ3n) is 2.29. The van der Waals surface area contributed by atoms with Gasteiger partial charge in [-0.15, -0.1) is 0 Å². The van der Waals surface area contributed by atoms with E-state index < -0.39 is 0 Å². The van der Waals surface area contributed by atoms with Gasteiger partial charge in [0.1, 0.15) is 17.3 Å². The normalized spacial score (nSPS) is 10.4. The number of benzene rings is 2. The Bertz CT molecular complexity index is 572. The molecule has 0 spiro atoms. The minimum atomic E-state index is -0.308. The van der Waals surface area contributed by atoms with Crippen LogP contribution in [-0.2, 0) is 5.33 Å². The molecule has 1 nitrogen and oxygen atoms in total. The summed E-state index contributed by atoms with van der Waals surface area (Å²) in [5.74, 6) is 1.01. The van der Waals surface area contributed by atoms with Crippen LogP contribution in [0, 0.1) is 5.82 Å². The quantitative estimate of drug-likeness (QED) is 0.531. The molecule has 0 aliphatic heterocycles. The van der Waals surface area contributed by atoms with Gasteiger partial charge in [0.2, 0.25) is 0 Å². The third kappa shape index (κ3) is 3.33. The van der Waals surface area contributed by atoms with E-state index in [1.807, 2.05) is 18.2 Å². The van der Waals surface area contributed by atoms with Crippen LogP contribution in [0.15, 0.2) is 45.3 Å². The molecule has 0 saturated carbocycles. The third-order valence-corrected chi connectivity index (χ3v) is 4.00. The molecule has 5 heteroatoms. The van der Waals surface area contributed by atoms with Gasteiger partial charge < -0.3 is 4.74 Å². The molecule has 0 unspecified atom stereocenters. The minimum Gasteiger partial charge on any atom is -0.457 e. The van der Waals surface area contributed by atoms with Crippen LogP contribution in [0.25, 0.3) is 0 Å². The van der Waals surface area contributed by atoms with Crippen molar-refractivity contribution < 1.29 is 9.13 Å². The van der Waals surface area contributed by atoms with Gasteiger partial charge in [-0.05, 0) is 46.3 Å². The van der Waals surface area contributed by atoms with Crippen molar-refractivity contribution in [1.29, 1.82) is 0 Å².